The number of carboxylic acid groups (broad SMARTS) is 1. The van der Waals surface area contributed by atoms with Crippen molar-refractivity contribution in [1.29, 1.82) is 0 Å². The SMILES string of the molecule is CCc1ncnc(N2CCCCCC2C(=O)O)c1F. The average Bonchev–Trinajstić information content (AvgIpc) is 2.64. The molecule has 1 aromatic heterocycles. The molecule has 0 radical (unpaired) electrons. The number of aliphatic carboxylic acids is 1. The number of aromatic nitrogens is 2. The summed E-state index contributed by atoms with van der Waals surface area (Å²) in [5.74, 6) is -1.28. The smallest absolute Gasteiger partial charge is 0.326 e. The molecule has 1 unspecified atom stereocenters. The van der Waals surface area contributed by atoms with Crippen molar-refractivity contribution < 1.29 is 14.3 Å². The van der Waals surface area contributed by atoms with Gasteiger partial charge in [-0.25, -0.2) is 19.2 Å². The van der Waals surface area contributed by atoms with Crippen LogP contribution in [0.5, 0.6) is 0 Å². The van der Waals surface area contributed by atoms with Gasteiger partial charge in [0.25, 0.3) is 0 Å². The van der Waals surface area contributed by atoms with Crippen molar-refractivity contribution in [2.75, 3.05) is 11.4 Å². The van der Waals surface area contributed by atoms with Gasteiger partial charge in [-0.15, -0.1) is 0 Å². The van der Waals surface area contributed by atoms with Crippen LogP contribution >= 0.6 is 0 Å². The molecule has 1 aliphatic rings. The van der Waals surface area contributed by atoms with Gasteiger partial charge in [-0.3, -0.25) is 0 Å². The summed E-state index contributed by atoms with van der Waals surface area (Å²) in [5, 5.41) is 9.30. The maximum Gasteiger partial charge on any atom is 0.326 e. The first-order valence-corrected chi connectivity index (χ1v) is 6.64. The predicted molar refractivity (Wildman–Crippen MR) is 68.6 cm³/mol. The zero-order valence-corrected chi connectivity index (χ0v) is 11.0. The number of hydrogen-bond acceptors (Lipinski definition) is 4. The van der Waals surface area contributed by atoms with E-state index in [2.05, 4.69) is 9.97 Å². The third kappa shape index (κ3) is 2.83. The molecular weight excluding hydrogens is 249 g/mol. The van der Waals surface area contributed by atoms with Crippen LogP contribution in [0.25, 0.3) is 0 Å². The molecule has 19 heavy (non-hydrogen) atoms. The number of carbonyl (C=O) groups is 1. The summed E-state index contributed by atoms with van der Waals surface area (Å²) in [6.45, 7) is 2.33. The summed E-state index contributed by atoms with van der Waals surface area (Å²) in [6.07, 6.45) is 4.97. The summed E-state index contributed by atoms with van der Waals surface area (Å²) < 4.78 is 14.3. The maximum atomic E-state index is 14.3. The lowest BCUT2D eigenvalue weighted by Gasteiger charge is -2.28. The van der Waals surface area contributed by atoms with Gasteiger partial charge in [-0.1, -0.05) is 19.8 Å². The van der Waals surface area contributed by atoms with Gasteiger partial charge in [0.15, 0.2) is 11.6 Å². The fourth-order valence-electron chi connectivity index (χ4n) is 2.46. The van der Waals surface area contributed by atoms with Gasteiger partial charge in [-0.2, -0.15) is 0 Å². The van der Waals surface area contributed by atoms with Crippen molar-refractivity contribution in [2.45, 2.75) is 45.1 Å². The number of aryl methyl sites for hydroxylation is 1. The molecule has 5 nitrogen and oxygen atoms in total. The first-order chi connectivity index (χ1) is 9.15. The number of anilines is 1. The fraction of sp³-hybridized carbons (Fsp3) is 0.615. The molecular formula is C13H18FN3O2. The summed E-state index contributed by atoms with van der Waals surface area (Å²) >= 11 is 0. The molecule has 2 rings (SSSR count). The minimum absolute atomic E-state index is 0.126. The molecule has 1 aliphatic heterocycles. The zero-order chi connectivity index (χ0) is 13.8. The van der Waals surface area contributed by atoms with E-state index in [1.807, 2.05) is 6.92 Å². The average molecular weight is 267 g/mol. The lowest BCUT2D eigenvalue weighted by Crippen LogP contribution is -2.42. The van der Waals surface area contributed by atoms with E-state index in [0.29, 0.717) is 25.1 Å². The standard InChI is InChI=1S/C13H18FN3O2/c1-2-9-11(14)12(16-8-15-9)17-7-5-3-4-6-10(17)13(18)19/h8,10H,2-7H2,1H3,(H,18,19). The lowest BCUT2D eigenvalue weighted by atomic mass is 10.1. The van der Waals surface area contributed by atoms with Crippen LogP contribution in [0.3, 0.4) is 0 Å². The molecule has 1 saturated heterocycles. The zero-order valence-electron chi connectivity index (χ0n) is 11.0. The molecule has 0 bridgehead atoms. The molecule has 1 aromatic rings. The minimum Gasteiger partial charge on any atom is -0.480 e. The molecule has 0 aromatic carbocycles. The molecule has 6 heteroatoms. The van der Waals surface area contributed by atoms with Crippen LogP contribution in [0.2, 0.25) is 0 Å². The second kappa shape index (κ2) is 5.95. The van der Waals surface area contributed by atoms with E-state index >= 15 is 0 Å². The molecule has 0 saturated carbocycles. The Hall–Kier alpha value is -1.72. The molecule has 1 N–H and O–H groups in total. The molecule has 0 amide bonds. The minimum atomic E-state index is -0.919. The predicted octanol–water partition coefficient (Wildman–Crippen LogP) is 2.01. The Morgan fingerprint density at radius 1 is 1.47 bits per heavy atom. The Kier molecular flexibility index (Phi) is 4.29. The number of nitrogens with zero attached hydrogens (tertiary/aromatic N) is 3. The summed E-state index contributed by atoms with van der Waals surface area (Å²) in [6, 6.07) is -0.698. The molecule has 1 fully saturated rings. The van der Waals surface area contributed by atoms with E-state index in [0.717, 1.165) is 19.3 Å². The highest BCUT2D eigenvalue weighted by molar-refractivity contribution is 5.77. The van der Waals surface area contributed by atoms with Crippen molar-refractivity contribution >= 4 is 11.8 Å². The largest absolute Gasteiger partial charge is 0.480 e. The number of carboxylic acids is 1. The van der Waals surface area contributed by atoms with E-state index < -0.39 is 17.8 Å². The van der Waals surface area contributed by atoms with Crippen LogP contribution in [0.1, 0.15) is 38.3 Å². The van der Waals surface area contributed by atoms with Crippen LogP contribution in [0.15, 0.2) is 6.33 Å². The van der Waals surface area contributed by atoms with Crippen molar-refractivity contribution in [3.63, 3.8) is 0 Å². The Labute approximate surface area is 111 Å². The first kappa shape index (κ1) is 13.7. The van der Waals surface area contributed by atoms with Crippen molar-refractivity contribution in [2.24, 2.45) is 0 Å². The number of hydrogen-bond donors (Lipinski definition) is 1. The van der Waals surface area contributed by atoms with E-state index in [4.69, 9.17) is 0 Å². The highest BCUT2D eigenvalue weighted by Crippen LogP contribution is 2.26. The Morgan fingerprint density at radius 3 is 2.95 bits per heavy atom. The van der Waals surface area contributed by atoms with Crippen LogP contribution in [0.4, 0.5) is 10.2 Å². The van der Waals surface area contributed by atoms with Gasteiger partial charge in [0.1, 0.15) is 12.4 Å². The summed E-state index contributed by atoms with van der Waals surface area (Å²) in [7, 11) is 0. The number of rotatable bonds is 3. The normalized spacial score (nSPS) is 20.1. The van der Waals surface area contributed by atoms with Crippen molar-refractivity contribution in [3.05, 3.63) is 17.8 Å². The molecule has 1 atom stereocenters. The van der Waals surface area contributed by atoms with Gasteiger partial charge < -0.3 is 10.0 Å². The van der Waals surface area contributed by atoms with Gasteiger partial charge in [-0.05, 0) is 19.3 Å². The van der Waals surface area contributed by atoms with Crippen LogP contribution < -0.4 is 4.90 Å². The summed E-state index contributed by atoms with van der Waals surface area (Å²) in [4.78, 5) is 20.8. The molecule has 0 spiro atoms. The third-order valence-electron chi connectivity index (χ3n) is 3.49. The third-order valence-corrected chi connectivity index (χ3v) is 3.49. The Balaban J connectivity index is 2.38. The van der Waals surface area contributed by atoms with E-state index in [1.54, 1.807) is 4.90 Å². The monoisotopic (exact) mass is 267 g/mol. The number of halogens is 1. The van der Waals surface area contributed by atoms with Gasteiger partial charge >= 0.3 is 5.97 Å². The van der Waals surface area contributed by atoms with Crippen molar-refractivity contribution in [3.8, 4) is 0 Å². The Morgan fingerprint density at radius 2 is 2.26 bits per heavy atom. The lowest BCUT2D eigenvalue weighted by molar-refractivity contribution is -0.138. The second-order valence-corrected chi connectivity index (χ2v) is 4.71. The highest BCUT2D eigenvalue weighted by Gasteiger charge is 2.30. The second-order valence-electron chi connectivity index (χ2n) is 4.71. The topological polar surface area (TPSA) is 66.3 Å². The van der Waals surface area contributed by atoms with E-state index in [1.165, 1.54) is 6.33 Å². The molecule has 2 heterocycles. The molecule has 0 aliphatic carbocycles. The van der Waals surface area contributed by atoms with Crippen LogP contribution in [0, 0.1) is 5.82 Å². The van der Waals surface area contributed by atoms with Gasteiger partial charge in [0.2, 0.25) is 0 Å². The van der Waals surface area contributed by atoms with Gasteiger partial charge in [0.05, 0.1) is 5.69 Å². The van der Waals surface area contributed by atoms with E-state index in [-0.39, 0.29) is 5.82 Å². The molecule has 104 valence electrons. The maximum absolute atomic E-state index is 14.3. The highest BCUT2D eigenvalue weighted by atomic mass is 19.1. The fourth-order valence-corrected chi connectivity index (χ4v) is 2.46. The first-order valence-electron chi connectivity index (χ1n) is 6.64. The van der Waals surface area contributed by atoms with Crippen molar-refractivity contribution in [1.82, 2.24) is 9.97 Å². The van der Waals surface area contributed by atoms with E-state index in [9.17, 15) is 14.3 Å². The van der Waals surface area contributed by atoms with Crippen LogP contribution in [-0.2, 0) is 11.2 Å². The Bertz CT molecular complexity index is 467. The van der Waals surface area contributed by atoms with Gasteiger partial charge in [0, 0.05) is 6.54 Å². The summed E-state index contributed by atoms with van der Waals surface area (Å²) in [5.41, 5.74) is 0.332. The van der Waals surface area contributed by atoms with Crippen LogP contribution in [-0.4, -0.2) is 33.6 Å². The quantitative estimate of drug-likeness (QED) is 0.907.